The van der Waals surface area contributed by atoms with E-state index in [1.807, 2.05) is 0 Å². The molecule has 20 heavy (non-hydrogen) atoms. The number of amides is 1. The maximum absolute atomic E-state index is 12.0. The van der Waals surface area contributed by atoms with Crippen molar-refractivity contribution >= 4 is 34.8 Å². The number of anilines is 1. The van der Waals surface area contributed by atoms with Gasteiger partial charge in [0.05, 0.1) is 18.7 Å². The van der Waals surface area contributed by atoms with Gasteiger partial charge in [0.15, 0.2) is 0 Å². The van der Waals surface area contributed by atoms with Gasteiger partial charge in [-0.1, -0.05) is 23.2 Å². The zero-order valence-corrected chi connectivity index (χ0v) is 12.0. The number of carbonyl (C=O) groups excluding carboxylic acids is 1. The molecule has 0 saturated heterocycles. The fraction of sp³-hybridized carbons (Fsp3) is 0.154. The molecule has 2 rings (SSSR count). The number of ether oxygens (including phenoxy) is 1. The van der Waals surface area contributed by atoms with Gasteiger partial charge in [0.2, 0.25) is 0 Å². The summed E-state index contributed by atoms with van der Waals surface area (Å²) in [5.41, 5.74) is 1.36. The molecule has 0 fully saturated rings. The predicted octanol–water partition coefficient (Wildman–Crippen LogP) is 3.07. The molecule has 0 unspecified atom stereocenters. The van der Waals surface area contributed by atoms with Crippen molar-refractivity contribution in [1.29, 1.82) is 0 Å². The summed E-state index contributed by atoms with van der Waals surface area (Å²) >= 11 is 11.5. The normalized spacial score (nSPS) is 10.4. The van der Waals surface area contributed by atoms with E-state index in [4.69, 9.17) is 27.9 Å². The molecule has 1 aromatic carbocycles. The van der Waals surface area contributed by atoms with E-state index in [9.17, 15) is 9.90 Å². The summed E-state index contributed by atoms with van der Waals surface area (Å²) in [5.74, 6) is 0.171. The minimum absolute atomic E-state index is 0.187. The summed E-state index contributed by atoms with van der Waals surface area (Å²) < 4.78 is 5.09. The van der Waals surface area contributed by atoms with E-state index in [1.165, 1.54) is 13.2 Å². The highest BCUT2D eigenvalue weighted by Crippen LogP contribution is 2.25. The second-order valence-electron chi connectivity index (χ2n) is 3.98. The monoisotopic (exact) mass is 314 g/mol. The Bertz CT molecular complexity index is 621. The SMILES string of the molecule is COc1ccc(NC(=O)c2cc(Cl)c(Cl)[nH]2)cc1CO. The number of methoxy groups -OCH3 is 1. The minimum atomic E-state index is -0.382. The van der Waals surface area contributed by atoms with Crippen LogP contribution in [-0.4, -0.2) is 23.1 Å². The number of H-pyrrole nitrogens is 1. The van der Waals surface area contributed by atoms with Gasteiger partial charge < -0.3 is 20.1 Å². The number of hydrogen-bond acceptors (Lipinski definition) is 3. The van der Waals surface area contributed by atoms with Crippen LogP contribution in [0.2, 0.25) is 10.2 Å². The second-order valence-corrected chi connectivity index (χ2v) is 4.77. The standard InChI is InChI=1S/C13H12Cl2N2O3/c1-20-11-3-2-8(4-7(11)6-18)16-13(19)10-5-9(14)12(15)17-10/h2-5,17-18H,6H2,1H3,(H,16,19). The number of halogens is 2. The highest BCUT2D eigenvalue weighted by Gasteiger charge is 2.12. The quantitative estimate of drug-likeness (QED) is 0.812. The number of carbonyl (C=O) groups is 1. The Hall–Kier alpha value is -1.69. The smallest absolute Gasteiger partial charge is 0.272 e. The third kappa shape index (κ3) is 3.07. The van der Waals surface area contributed by atoms with E-state index in [1.54, 1.807) is 18.2 Å². The van der Waals surface area contributed by atoms with E-state index in [2.05, 4.69) is 10.3 Å². The molecule has 5 nitrogen and oxygen atoms in total. The Morgan fingerprint density at radius 1 is 1.40 bits per heavy atom. The van der Waals surface area contributed by atoms with Gasteiger partial charge >= 0.3 is 0 Å². The maximum Gasteiger partial charge on any atom is 0.272 e. The molecule has 1 aromatic heterocycles. The van der Waals surface area contributed by atoms with Gasteiger partial charge in [0.1, 0.15) is 16.6 Å². The average Bonchev–Trinajstić information content (AvgIpc) is 2.78. The summed E-state index contributed by atoms with van der Waals surface area (Å²) in [6, 6.07) is 6.40. The van der Waals surface area contributed by atoms with Crippen LogP contribution >= 0.6 is 23.2 Å². The van der Waals surface area contributed by atoms with Crippen molar-refractivity contribution in [2.24, 2.45) is 0 Å². The summed E-state index contributed by atoms with van der Waals surface area (Å²) in [7, 11) is 1.51. The number of benzene rings is 1. The van der Waals surface area contributed by atoms with E-state index < -0.39 is 0 Å². The van der Waals surface area contributed by atoms with Crippen LogP contribution in [0, 0.1) is 0 Å². The number of hydrogen-bond donors (Lipinski definition) is 3. The molecule has 106 valence electrons. The van der Waals surface area contributed by atoms with Gasteiger partial charge in [-0.2, -0.15) is 0 Å². The number of aliphatic hydroxyl groups is 1. The predicted molar refractivity (Wildman–Crippen MR) is 77.7 cm³/mol. The lowest BCUT2D eigenvalue weighted by Gasteiger charge is -2.09. The van der Waals surface area contributed by atoms with E-state index in [0.29, 0.717) is 17.0 Å². The summed E-state index contributed by atoms with van der Waals surface area (Å²) in [6.45, 7) is -0.187. The molecule has 2 aromatic rings. The van der Waals surface area contributed by atoms with Crippen LogP contribution in [-0.2, 0) is 6.61 Å². The van der Waals surface area contributed by atoms with E-state index in [-0.39, 0.29) is 28.4 Å². The molecule has 3 N–H and O–H groups in total. The molecule has 0 aliphatic heterocycles. The number of aromatic amines is 1. The number of aliphatic hydroxyl groups excluding tert-OH is 1. The fourth-order valence-electron chi connectivity index (χ4n) is 1.70. The largest absolute Gasteiger partial charge is 0.496 e. The summed E-state index contributed by atoms with van der Waals surface area (Å²) in [5, 5.41) is 12.4. The Kier molecular flexibility index (Phi) is 4.54. The average molecular weight is 315 g/mol. The number of nitrogens with one attached hydrogen (secondary N) is 2. The van der Waals surface area contributed by atoms with Gasteiger partial charge in [-0.05, 0) is 24.3 Å². The molecule has 7 heteroatoms. The Balaban J connectivity index is 2.19. The van der Waals surface area contributed by atoms with Crippen LogP contribution < -0.4 is 10.1 Å². The molecule has 1 amide bonds. The third-order valence-corrected chi connectivity index (χ3v) is 3.37. The van der Waals surface area contributed by atoms with Gasteiger partial charge in [0.25, 0.3) is 5.91 Å². The van der Waals surface area contributed by atoms with Crippen LogP contribution in [0.1, 0.15) is 16.1 Å². The van der Waals surface area contributed by atoms with Crippen molar-refractivity contribution in [2.75, 3.05) is 12.4 Å². The number of aromatic nitrogens is 1. The van der Waals surface area contributed by atoms with Crippen LogP contribution in [0.15, 0.2) is 24.3 Å². The van der Waals surface area contributed by atoms with Crippen LogP contribution in [0.3, 0.4) is 0 Å². The van der Waals surface area contributed by atoms with Crippen LogP contribution in [0.25, 0.3) is 0 Å². The van der Waals surface area contributed by atoms with E-state index >= 15 is 0 Å². The Morgan fingerprint density at radius 2 is 2.15 bits per heavy atom. The lowest BCUT2D eigenvalue weighted by atomic mass is 10.2. The molecule has 0 atom stereocenters. The third-order valence-electron chi connectivity index (χ3n) is 2.68. The summed E-state index contributed by atoms with van der Waals surface area (Å²) in [4.78, 5) is 14.6. The van der Waals surface area contributed by atoms with Crippen LogP contribution in [0.5, 0.6) is 5.75 Å². The molecule has 1 heterocycles. The minimum Gasteiger partial charge on any atom is -0.496 e. The molecule has 0 saturated carbocycles. The zero-order chi connectivity index (χ0) is 14.7. The van der Waals surface area contributed by atoms with Gasteiger partial charge in [0, 0.05) is 11.3 Å². The second kappa shape index (κ2) is 6.17. The molecule has 0 aliphatic rings. The lowest BCUT2D eigenvalue weighted by molar-refractivity contribution is 0.102. The maximum atomic E-state index is 12.0. The first-order valence-electron chi connectivity index (χ1n) is 5.68. The van der Waals surface area contributed by atoms with Crippen molar-refractivity contribution < 1.29 is 14.6 Å². The fourth-order valence-corrected chi connectivity index (χ4v) is 2.02. The van der Waals surface area contributed by atoms with Crippen molar-refractivity contribution in [1.82, 2.24) is 4.98 Å². The van der Waals surface area contributed by atoms with E-state index in [0.717, 1.165) is 0 Å². The Labute approximate surface area is 125 Å². The zero-order valence-electron chi connectivity index (χ0n) is 10.5. The number of rotatable bonds is 4. The molecule has 0 bridgehead atoms. The molecule has 0 spiro atoms. The highest BCUT2D eigenvalue weighted by molar-refractivity contribution is 6.41. The van der Waals surface area contributed by atoms with Gasteiger partial charge in [-0.15, -0.1) is 0 Å². The first-order valence-corrected chi connectivity index (χ1v) is 6.44. The van der Waals surface area contributed by atoms with Crippen LogP contribution in [0.4, 0.5) is 5.69 Å². The van der Waals surface area contributed by atoms with Crippen molar-refractivity contribution in [3.63, 3.8) is 0 Å². The molecule has 0 radical (unpaired) electrons. The lowest BCUT2D eigenvalue weighted by Crippen LogP contribution is -2.12. The van der Waals surface area contributed by atoms with Crippen molar-refractivity contribution in [3.8, 4) is 5.75 Å². The van der Waals surface area contributed by atoms with Crippen molar-refractivity contribution in [2.45, 2.75) is 6.61 Å². The van der Waals surface area contributed by atoms with Crippen molar-refractivity contribution in [3.05, 3.63) is 45.7 Å². The Morgan fingerprint density at radius 3 is 2.70 bits per heavy atom. The molecule has 0 aliphatic carbocycles. The highest BCUT2D eigenvalue weighted by atomic mass is 35.5. The molecular weight excluding hydrogens is 303 g/mol. The molecular formula is C13H12Cl2N2O3. The van der Waals surface area contributed by atoms with Gasteiger partial charge in [-0.25, -0.2) is 0 Å². The van der Waals surface area contributed by atoms with Gasteiger partial charge in [-0.3, -0.25) is 4.79 Å². The summed E-state index contributed by atoms with van der Waals surface area (Å²) in [6.07, 6.45) is 0. The topological polar surface area (TPSA) is 74.3 Å². The first-order chi connectivity index (χ1) is 9.55. The first kappa shape index (κ1) is 14.7.